The summed E-state index contributed by atoms with van der Waals surface area (Å²) in [7, 11) is 0. The number of halogens is 1. The molecule has 11 heteroatoms. The molecule has 35 heavy (non-hydrogen) atoms. The molecular formula is C24H34ClNO9. The number of benzene rings is 1. The summed E-state index contributed by atoms with van der Waals surface area (Å²) in [5, 5.41) is 47.7. The van der Waals surface area contributed by atoms with Gasteiger partial charge in [-0.2, -0.15) is 0 Å². The van der Waals surface area contributed by atoms with Crippen LogP contribution in [-0.2, 0) is 14.4 Å². The third-order valence-corrected chi connectivity index (χ3v) is 5.80. The van der Waals surface area contributed by atoms with E-state index in [-0.39, 0.29) is 44.5 Å². The zero-order chi connectivity index (χ0) is 25.6. The molecule has 0 spiro atoms. The lowest BCUT2D eigenvalue weighted by Crippen LogP contribution is -2.21. The fraction of sp³-hybridized carbons (Fsp3) is 0.542. The van der Waals surface area contributed by atoms with Crippen LogP contribution in [0.4, 0.5) is 0 Å². The molecule has 0 amide bonds. The van der Waals surface area contributed by atoms with E-state index in [2.05, 4.69) is 4.84 Å². The maximum absolute atomic E-state index is 11.6. The molecule has 1 saturated carbocycles. The SMILES string of the molecule is O=C(CCC/C=C\C[C@@H]1[C@@H](/C=C/[C@@H](O)COc2cccc(Cl)c2)[C@H](O)C[C@@H]1O)OCCON(O)O. The number of carbonyl (C=O) groups is 1. The molecular weight excluding hydrogens is 482 g/mol. The first-order chi connectivity index (χ1) is 16.8. The van der Waals surface area contributed by atoms with Gasteiger partial charge in [0.25, 0.3) is 0 Å². The van der Waals surface area contributed by atoms with Gasteiger partial charge in [0, 0.05) is 23.8 Å². The molecule has 0 aromatic heterocycles. The quantitative estimate of drug-likeness (QED) is 0.102. The molecule has 0 unspecified atom stereocenters. The predicted molar refractivity (Wildman–Crippen MR) is 126 cm³/mol. The Morgan fingerprint density at radius 2 is 2.00 bits per heavy atom. The zero-order valence-electron chi connectivity index (χ0n) is 19.4. The molecule has 2 rings (SSSR count). The highest BCUT2D eigenvalue weighted by Crippen LogP contribution is 2.36. The summed E-state index contributed by atoms with van der Waals surface area (Å²) in [5.41, 5.74) is 0. The number of rotatable bonds is 15. The van der Waals surface area contributed by atoms with E-state index in [1.165, 1.54) is 0 Å². The second-order valence-corrected chi connectivity index (χ2v) is 8.67. The van der Waals surface area contributed by atoms with Crippen molar-refractivity contribution >= 4 is 17.6 Å². The van der Waals surface area contributed by atoms with E-state index in [1.54, 1.807) is 36.4 Å². The molecule has 5 N–H and O–H groups in total. The number of hydrogen-bond donors (Lipinski definition) is 5. The van der Waals surface area contributed by atoms with E-state index in [0.717, 1.165) is 0 Å². The van der Waals surface area contributed by atoms with Crippen molar-refractivity contribution in [2.24, 2.45) is 11.8 Å². The van der Waals surface area contributed by atoms with Gasteiger partial charge in [-0.3, -0.25) is 15.2 Å². The minimum absolute atomic E-state index is 0.0313. The van der Waals surface area contributed by atoms with E-state index < -0.39 is 29.7 Å². The molecule has 1 aromatic rings. The van der Waals surface area contributed by atoms with Gasteiger partial charge in [0.15, 0.2) is 0 Å². The second-order valence-electron chi connectivity index (χ2n) is 8.24. The highest BCUT2D eigenvalue weighted by molar-refractivity contribution is 6.30. The van der Waals surface area contributed by atoms with Crippen molar-refractivity contribution in [3.8, 4) is 5.75 Å². The van der Waals surface area contributed by atoms with Gasteiger partial charge in [-0.25, -0.2) is 4.84 Å². The fourth-order valence-electron chi connectivity index (χ4n) is 3.84. The maximum atomic E-state index is 11.6. The topological polar surface area (TPSA) is 149 Å². The van der Waals surface area contributed by atoms with Crippen molar-refractivity contribution < 1.29 is 44.8 Å². The van der Waals surface area contributed by atoms with Gasteiger partial charge in [-0.15, -0.1) is 0 Å². The van der Waals surface area contributed by atoms with Gasteiger partial charge in [-0.1, -0.05) is 42.0 Å². The van der Waals surface area contributed by atoms with E-state index >= 15 is 0 Å². The molecule has 0 bridgehead atoms. The van der Waals surface area contributed by atoms with Crippen molar-refractivity contribution in [1.29, 1.82) is 0 Å². The maximum Gasteiger partial charge on any atom is 0.305 e. The fourth-order valence-corrected chi connectivity index (χ4v) is 4.02. The van der Waals surface area contributed by atoms with E-state index in [4.69, 9.17) is 31.5 Å². The summed E-state index contributed by atoms with van der Waals surface area (Å²) in [6, 6.07) is 6.87. The van der Waals surface area contributed by atoms with Crippen molar-refractivity contribution in [2.45, 2.75) is 50.4 Å². The van der Waals surface area contributed by atoms with Crippen LogP contribution in [0.1, 0.15) is 32.1 Å². The van der Waals surface area contributed by atoms with Crippen LogP contribution >= 0.6 is 11.6 Å². The van der Waals surface area contributed by atoms with Crippen molar-refractivity contribution in [2.75, 3.05) is 19.8 Å². The minimum atomic E-state index is -0.882. The van der Waals surface area contributed by atoms with Gasteiger partial charge in [0.2, 0.25) is 0 Å². The molecule has 1 fully saturated rings. The highest BCUT2D eigenvalue weighted by Gasteiger charge is 2.39. The van der Waals surface area contributed by atoms with Gasteiger partial charge in [-0.05, 0) is 43.4 Å². The van der Waals surface area contributed by atoms with Gasteiger partial charge < -0.3 is 24.8 Å². The predicted octanol–water partition coefficient (Wildman–Crippen LogP) is 2.67. The molecule has 0 radical (unpaired) electrons. The van der Waals surface area contributed by atoms with Crippen LogP contribution in [0.15, 0.2) is 48.6 Å². The van der Waals surface area contributed by atoms with E-state index in [1.807, 2.05) is 12.2 Å². The number of allylic oxidation sites excluding steroid dienone is 2. The molecule has 0 heterocycles. The number of unbranched alkanes of at least 4 members (excludes halogenated alkanes) is 1. The summed E-state index contributed by atoms with van der Waals surface area (Å²) >= 11 is 5.92. The minimum Gasteiger partial charge on any atom is -0.491 e. The van der Waals surface area contributed by atoms with Gasteiger partial charge >= 0.3 is 5.97 Å². The largest absolute Gasteiger partial charge is 0.491 e. The molecule has 1 aromatic carbocycles. The van der Waals surface area contributed by atoms with Crippen LogP contribution in [-0.4, -0.2) is 75.2 Å². The van der Waals surface area contributed by atoms with Crippen LogP contribution < -0.4 is 4.74 Å². The van der Waals surface area contributed by atoms with E-state index in [0.29, 0.717) is 30.0 Å². The lowest BCUT2D eigenvalue weighted by molar-refractivity contribution is -0.493. The average molecular weight is 516 g/mol. The smallest absolute Gasteiger partial charge is 0.305 e. The molecule has 1 aliphatic rings. The summed E-state index contributed by atoms with van der Waals surface area (Å²) < 4.78 is 10.4. The van der Waals surface area contributed by atoms with Gasteiger partial charge in [0.1, 0.15) is 31.7 Å². The molecule has 0 aliphatic heterocycles. The Balaban J connectivity index is 1.70. The van der Waals surface area contributed by atoms with Crippen LogP contribution in [0.25, 0.3) is 0 Å². The first-order valence-electron chi connectivity index (χ1n) is 11.5. The highest BCUT2D eigenvalue weighted by atomic mass is 35.5. The lowest BCUT2D eigenvalue weighted by atomic mass is 9.89. The normalized spacial score (nSPS) is 23.4. The van der Waals surface area contributed by atoms with E-state index in [9.17, 15) is 20.1 Å². The first-order valence-corrected chi connectivity index (χ1v) is 11.9. The summed E-state index contributed by atoms with van der Waals surface area (Å²) in [6.45, 7) is -0.232. The molecule has 10 nitrogen and oxygen atoms in total. The zero-order valence-corrected chi connectivity index (χ0v) is 20.1. The van der Waals surface area contributed by atoms with Crippen LogP contribution in [0.3, 0.4) is 0 Å². The summed E-state index contributed by atoms with van der Waals surface area (Å²) in [6.07, 6.45) is 7.12. The Labute approximate surface area is 209 Å². The number of esters is 1. The standard InChI is InChI=1S/C24H34ClNO9/c25-17-6-5-7-19(14-17)34-16-18(27)10-11-21-20(22(28)15-23(21)29)8-3-1-2-4-9-24(30)33-12-13-35-26(31)32/h1,3,5-7,10-11,14,18,20-23,27-29,31-32H,2,4,8-9,12-13,15-16H2/b3-1-,11-10+/t18-,20-,21-,22+,23-/m1/s1. The average Bonchev–Trinajstić information content (AvgIpc) is 3.08. The Bertz CT molecular complexity index is 820. The number of nitrogens with zero attached hydrogens (tertiary/aromatic N) is 1. The summed E-state index contributed by atoms with van der Waals surface area (Å²) in [5.74, 6) is -0.365. The third-order valence-electron chi connectivity index (χ3n) is 5.57. The van der Waals surface area contributed by atoms with Crippen LogP contribution in [0, 0.1) is 11.8 Å². The Hall–Kier alpha value is -2.02. The first kappa shape index (κ1) is 29.2. The number of aliphatic hydroxyl groups is 3. The number of aliphatic hydroxyl groups excluding tert-OH is 3. The summed E-state index contributed by atoms with van der Waals surface area (Å²) in [4.78, 5) is 15.9. The number of ether oxygens (including phenoxy) is 2. The van der Waals surface area contributed by atoms with Crippen molar-refractivity contribution in [1.82, 2.24) is 5.39 Å². The Morgan fingerprint density at radius 1 is 1.20 bits per heavy atom. The molecule has 0 saturated heterocycles. The van der Waals surface area contributed by atoms with Crippen molar-refractivity contribution in [3.05, 3.63) is 53.6 Å². The molecule has 1 aliphatic carbocycles. The Morgan fingerprint density at radius 3 is 2.74 bits per heavy atom. The monoisotopic (exact) mass is 515 g/mol. The third kappa shape index (κ3) is 11.5. The van der Waals surface area contributed by atoms with Crippen molar-refractivity contribution in [3.63, 3.8) is 0 Å². The Kier molecular flexibility index (Phi) is 13.2. The number of hydrogen-bond acceptors (Lipinski definition) is 10. The second kappa shape index (κ2) is 15.9. The lowest BCUT2D eigenvalue weighted by Gasteiger charge is -2.19. The van der Waals surface area contributed by atoms with Crippen LogP contribution in [0.2, 0.25) is 5.02 Å². The number of carbonyl (C=O) groups excluding carboxylic acids is 1. The molecule has 5 atom stereocenters. The van der Waals surface area contributed by atoms with Crippen LogP contribution in [0.5, 0.6) is 5.75 Å². The molecule has 196 valence electrons. The van der Waals surface area contributed by atoms with Gasteiger partial charge in [0.05, 0.1) is 17.6 Å².